The van der Waals surface area contributed by atoms with Crippen LogP contribution in [0.2, 0.25) is 0 Å². The number of pyridine rings is 1. The zero-order valence-electron chi connectivity index (χ0n) is 15.9. The van der Waals surface area contributed by atoms with Gasteiger partial charge < -0.3 is 10.6 Å². The fourth-order valence-corrected chi connectivity index (χ4v) is 3.00. The van der Waals surface area contributed by atoms with E-state index < -0.39 is 0 Å². The third-order valence-electron chi connectivity index (χ3n) is 4.26. The molecule has 0 atom stereocenters. The standard InChI is InChI=1S/C22H24N4O/c1-4-8-16(5-2)17-11-12-26-20(15-24-21(26)14-17)18-9-7-10-19(13-18)25-22(27)23-6-3/h4-5,7-15H,6H2,1-3H3,(H2,23,25,27)/b8-4-,16-5+. The molecule has 0 saturated heterocycles. The van der Waals surface area contributed by atoms with Crippen molar-refractivity contribution in [3.8, 4) is 11.3 Å². The van der Waals surface area contributed by atoms with Crippen LogP contribution in [0.5, 0.6) is 0 Å². The molecule has 0 bridgehead atoms. The van der Waals surface area contributed by atoms with Crippen molar-refractivity contribution in [2.24, 2.45) is 0 Å². The van der Waals surface area contributed by atoms with E-state index in [1.54, 1.807) is 0 Å². The Kier molecular flexibility index (Phi) is 5.71. The predicted octanol–water partition coefficient (Wildman–Crippen LogP) is 5.12. The number of fused-ring (bicyclic) bond motifs is 1. The lowest BCUT2D eigenvalue weighted by Crippen LogP contribution is -2.28. The minimum Gasteiger partial charge on any atom is -0.338 e. The normalized spacial score (nSPS) is 11.9. The number of hydrogen-bond donors (Lipinski definition) is 2. The Balaban J connectivity index is 1.95. The number of carbonyl (C=O) groups is 1. The first kappa shape index (κ1) is 18.5. The van der Waals surface area contributed by atoms with Gasteiger partial charge in [0.2, 0.25) is 0 Å². The van der Waals surface area contributed by atoms with Crippen molar-refractivity contribution < 1.29 is 4.79 Å². The van der Waals surface area contributed by atoms with Gasteiger partial charge in [-0.2, -0.15) is 0 Å². The van der Waals surface area contributed by atoms with E-state index >= 15 is 0 Å². The van der Waals surface area contributed by atoms with Crippen molar-refractivity contribution in [2.75, 3.05) is 11.9 Å². The summed E-state index contributed by atoms with van der Waals surface area (Å²) in [6.45, 7) is 6.52. The van der Waals surface area contributed by atoms with Crippen LogP contribution in [0.4, 0.5) is 10.5 Å². The lowest BCUT2D eigenvalue weighted by molar-refractivity contribution is 0.252. The highest BCUT2D eigenvalue weighted by Crippen LogP contribution is 2.25. The number of nitrogens with one attached hydrogen (secondary N) is 2. The van der Waals surface area contributed by atoms with E-state index in [-0.39, 0.29) is 6.03 Å². The number of hydrogen-bond acceptors (Lipinski definition) is 2. The SMILES string of the molecule is C/C=C\C(=C/C)c1ccn2c(-c3cccc(NC(=O)NCC)c3)cnc2c1. The number of anilines is 1. The zero-order chi connectivity index (χ0) is 19.2. The van der Waals surface area contributed by atoms with Crippen LogP contribution in [0.15, 0.2) is 67.0 Å². The molecule has 27 heavy (non-hydrogen) atoms. The second kappa shape index (κ2) is 8.36. The molecule has 0 aliphatic rings. The van der Waals surface area contributed by atoms with Gasteiger partial charge in [0, 0.05) is 24.0 Å². The summed E-state index contributed by atoms with van der Waals surface area (Å²) in [6.07, 6.45) is 10.1. The molecule has 3 aromatic rings. The summed E-state index contributed by atoms with van der Waals surface area (Å²) < 4.78 is 2.05. The van der Waals surface area contributed by atoms with Gasteiger partial charge in [-0.3, -0.25) is 4.40 Å². The van der Waals surface area contributed by atoms with Gasteiger partial charge >= 0.3 is 6.03 Å². The Morgan fingerprint density at radius 1 is 1.22 bits per heavy atom. The summed E-state index contributed by atoms with van der Waals surface area (Å²) in [5.41, 5.74) is 5.89. The van der Waals surface area contributed by atoms with Gasteiger partial charge in [0.1, 0.15) is 5.65 Å². The van der Waals surface area contributed by atoms with Crippen LogP contribution in [0, 0.1) is 0 Å². The number of nitrogens with zero attached hydrogens (tertiary/aromatic N) is 2. The quantitative estimate of drug-likeness (QED) is 0.620. The van der Waals surface area contributed by atoms with E-state index in [1.807, 2.05) is 63.5 Å². The van der Waals surface area contributed by atoms with Crippen molar-refractivity contribution in [1.82, 2.24) is 14.7 Å². The topological polar surface area (TPSA) is 58.4 Å². The van der Waals surface area contributed by atoms with Crippen LogP contribution >= 0.6 is 0 Å². The third-order valence-corrected chi connectivity index (χ3v) is 4.26. The second-order valence-electron chi connectivity index (χ2n) is 6.10. The molecule has 1 aromatic carbocycles. The Morgan fingerprint density at radius 2 is 2.07 bits per heavy atom. The lowest BCUT2D eigenvalue weighted by Gasteiger charge is -2.09. The van der Waals surface area contributed by atoms with Gasteiger partial charge in [-0.25, -0.2) is 9.78 Å². The summed E-state index contributed by atoms with van der Waals surface area (Å²) in [7, 11) is 0. The summed E-state index contributed by atoms with van der Waals surface area (Å²) in [4.78, 5) is 16.3. The molecule has 5 nitrogen and oxygen atoms in total. The summed E-state index contributed by atoms with van der Waals surface area (Å²) in [5.74, 6) is 0. The first-order chi connectivity index (χ1) is 13.2. The van der Waals surface area contributed by atoms with E-state index in [1.165, 1.54) is 0 Å². The molecule has 0 radical (unpaired) electrons. The van der Waals surface area contributed by atoms with E-state index in [4.69, 9.17) is 0 Å². The molecule has 0 saturated carbocycles. The molecular formula is C22H24N4O. The molecule has 3 rings (SSSR count). The molecule has 0 spiro atoms. The smallest absolute Gasteiger partial charge is 0.319 e. The molecule has 2 amide bonds. The molecule has 138 valence electrons. The Bertz CT molecular complexity index is 1010. The zero-order valence-corrected chi connectivity index (χ0v) is 15.9. The van der Waals surface area contributed by atoms with E-state index in [9.17, 15) is 4.79 Å². The van der Waals surface area contributed by atoms with Crippen molar-refractivity contribution in [2.45, 2.75) is 20.8 Å². The van der Waals surface area contributed by atoms with E-state index in [0.29, 0.717) is 6.54 Å². The minimum atomic E-state index is -0.208. The van der Waals surface area contributed by atoms with Crippen LogP contribution in [0.3, 0.4) is 0 Å². The van der Waals surface area contributed by atoms with Crippen LogP contribution < -0.4 is 10.6 Å². The minimum absolute atomic E-state index is 0.208. The van der Waals surface area contributed by atoms with Gasteiger partial charge in [-0.15, -0.1) is 0 Å². The number of benzene rings is 1. The average molecular weight is 360 g/mol. The molecule has 0 fully saturated rings. The number of allylic oxidation sites excluding steroid dienone is 4. The monoisotopic (exact) mass is 360 g/mol. The van der Waals surface area contributed by atoms with Gasteiger partial charge in [0.15, 0.2) is 0 Å². The van der Waals surface area contributed by atoms with E-state index in [0.717, 1.165) is 33.7 Å². The number of imidazole rings is 1. The Morgan fingerprint density at radius 3 is 2.81 bits per heavy atom. The molecule has 5 heteroatoms. The van der Waals surface area contributed by atoms with Gasteiger partial charge in [-0.05, 0) is 56.2 Å². The molecule has 2 aromatic heterocycles. The van der Waals surface area contributed by atoms with Crippen molar-refractivity contribution in [3.05, 3.63) is 72.6 Å². The molecule has 2 N–H and O–H groups in total. The highest BCUT2D eigenvalue weighted by atomic mass is 16.2. The largest absolute Gasteiger partial charge is 0.338 e. The summed E-state index contributed by atoms with van der Waals surface area (Å²) in [6, 6.07) is 11.7. The first-order valence-electron chi connectivity index (χ1n) is 9.08. The maximum absolute atomic E-state index is 11.8. The third kappa shape index (κ3) is 4.08. The fraction of sp³-hybridized carbons (Fsp3) is 0.182. The van der Waals surface area contributed by atoms with Gasteiger partial charge in [0.05, 0.1) is 11.9 Å². The van der Waals surface area contributed by atoms with Gasteiger partial charge in [0.25, 0.3) is 0 Å². The fourth-order valence-electron chi connectivity index (χ4n) is 3.00. The second-order valence-corrected chi connectivity index (χ2v) is 6.10. The Labute approximate surface area is 159 Å². The Hall–Kier alpha value is -3.34. The van der Waals surface area contributed by atoms with E-state index in [2.05, 4.69) is 44.3 Å². The highest BCUT2D eigenvalue weighted by Gasteiger charge is 2.09. The number of aromatic nitrogens is 2. The first-order valence-corrected chi connectivity index (χ1v) is 9.08. The number of urea groups is 1. The lowest BCUT2D eigenvalue weighted by atomic mass is 10.1. The summed E-state index contributed by atoms with van der Waals surface area (Å²) in [5, 5.41) is 5.58. The molecule has 2 heterocycles. The van der Waals surface area contributed by atoms with Crippen molar-refractivity contribution >= 4 is 22.9 Å². The van der Waals surface area contributed by atoms with Crippen molar-refractivity contribution in [1.29, 1.82) is 0 Å². The van der Waals surface area contributed by atoms with Crippen LogP contribution in [-0.2, 0) is 0 Å². The number of amides is 2. The van der Waals surface area contributed by atoms with Crippen LogP contribution in [0.25, 0.3) is 22.5 Å². The maximum atomic E-state index is 11.8. The molecule has 0 aliphatic carbocycles. The molecule has 0 unspecified atom stereocenters. The maximum Gasteiger partial charge on any atom is 0.319 e. The highest BCUT2D eigenvalue weighted by molar-refractivity contribution is 5.90. The average Bonchev–Trinajstić information content (AvgIpc) is 3.09. The van der Waals surface area contributed by atoms with Crippen LogP contribution in [0.1, 0.15) is 26.3 Å². The predicted molar refractivity (Wildman–Crippen MR) is 112 cm³/mol. The van der Waals surface area contributed by atoms with Gasteiger partial charge in [-0.1, -0.05) is 30.4 Å². The number of rotatable bonds is 5. The van der Waals surface area contributed by atoms with Crippen molar-refractivity contribution in [3.63, 3.8) is 0 Å². The number of carbonyl (C=O) groups excluding carboxylic acids is 1. The molecule has 0 aliphatic heterocycles. The van der Waals surface area contributed by atoms with Crippen LogP contribution in [-0.4, -0.2) is 22.0 Å². The molecular weight excluding hydrogens is 336 g/mol. The summed E-state index contributed by atoms with van der Waals surface area (Å²) >= 11 is 0.